The van der Waals surface area contributed by atoms with Crippen molar-refractivity contribution in [1.82, 2.24) is 9.97 Å². The lowest BCUT2D eigenvalue weighted by molar-refractivity contribution is 0.339. The molecule has 0 aliphatic heterocycles. The SMILES string of the molecule is CCNc1ncnc(N(C)C2CCC(C)CC2)c1C(C)C. The zero-order chi connectivity index (χ0) is 15.4. The third-order valence-electron chi connectivity index (χ3n) is 4.65. The average Bonchev–Trinajstić information content (AvgIpc) is 2.47. The van der Waals surface area contributed by atoms with Crippen molar-refractivity contribution in [3.8, 4) is 0 Å². The second-order valence-corrected chi connectivity index (χ2v) is 6.67. The molecule has 0 amide bonds. The van der Waals surface area contributed by atoms with Gasteiger partial charge in [0.25, 0.3) is 0 Å². The minimum absolute atomic E-state index is 0.417. The quantitative estimate of drug-likeness (QED) is 0.888. The first-order chi connectivity index (χ1) is 10.0. The molecule has 0 spiro atoms. The number of hydrogen-bond acceptors (Lipinski definition) is 4. The standard InChI is InChI=1S/C17H30N4/c1-6-18-16-15(12(2)3)17(20-11-19-16)21(5)14-9-7-13(4)8-10-14/h11-14H,6-10H2,1-5H3,(H,18,19,20). The van der Waals surface area contributed by atoms with Crippen molar-refractivity contribution in [3.63, 3.8) is 0 Å². The van der Waals surface area contributed by atoms with Gasteiger partial charge in [-0.1, -0.05) is 20.8 Å². The van der Waals surface area contributed by atoms with Crippen LogP contribution in [0.25, 0.3) is 0 Å². The Labute approximate surface area is 129 Å². The van der Waals surface area contributed by atoms with Crippen LogP contribution >= 0.6 is 0 Å². The molecule has 1 N–H and O–H groups in total. The maximum absolute atomic E-state index is 4.61. The maximum atomic E-state index is 4.61. The normalized spacial score (nSPS) is 22.4. The van der Waals surface area contributed by atoms with Gasteiger partial charge in [0, 0.05) is 25.2 Å². The molecule has 21 heavy (non-hydrogen) atoms. The summed E-state index contributed by atoms with van der Waals surface area (Å²) in [7, 11) is 2.20. The topological polar surface area (TPSA) is 41.1 Å². The van der Waals surface area contributed by atoms with Crippen LogP contribution in [0.3, 0.4) is 0 Å². The van der Waals surface area contributed by atoms with Gasteiger partial charge in [-0.05, 0) is 44.4 Å². The Morgan fingerprint density at radius 1 is 1.24 bits per heavy atom. The van der Waals surface area contributed by atoms with Crippen molar-refractivity contribution in [1.29, 1.82) is 0 Å². The fourth-order valence-electron chi connectivity index (χ4n) is 3.31. The van der Waals surface area contributed by atoms with Gasteiger partial charge in [-0.3, -0.25) is 0 Å². The molecule has 0 radical (unpaired) electrons. The minimum atomic E-state index is 0.417. The summed E-state index contributed by atoms with van der Waals surface area (Å²) in [5, 5.41) is 3.38. The Morgan fingerprint density at radius 3 is 2.48 bits per heavy atom. The summed E-state index contributed by atoms with van der Waals surface area (Å²) < 4.78 is 0. The average molecular weight is 290 g/mol. The predicted molar refractivity (Wildman–Crippen MR) is 90.1 cm³/mol. The molecule has 1 aliphatic rings. The maximum Gasteiger partial charge on any atom is 0.137 e. The van der Waals surface area contributed by atoms with Crippen molar-refractivity contribution in [2.75, 3.05) is 23.8 Å². The zero-order valence-electron chi connectivity index (χ0n) is 14.2. The second kappa shape index (κ2) is 7.10. The third-order valence-corrected chi connectivity index (χ3v) is 4.65. The van der Waals surface area contributed by atoms with Crippen molar-refractivity contribution < 1.29 is 0 Å². The zero-order valence-corrected chi connectivity index (χ0v) is 14.2. The first-order valence-electron chi connectivity index (χ1n) is 8.36. The van der Waals surface area contributed by atoms with Crippen LogP contribution < -0.4 is 10.2 Å². The number of rotatable bonds is 5. The van der Waals surface area contributed by atoms with Crippen molar-refractivity contribution in [3.05, 3.63) is 11.9 Å². The van der Waals surface area contributed by atoms with Crippen LogP contribution in [0.15, 0.2) is 6.33 Å². The monoisotopic (exact) mass is 290 g/mol. The van der Waals surface area contributed by atoms with Crippen molar-refractivity contribution >= 4 is 11.6 Å². The van der Waals surface area contributed by atoms with E-state index in [-0.39, 0.29) is 0 Å². The fourth-order valence-corrected chi connectivity index (χ4v) is 3.31. The summed E-state index contributed by atoms with van der Waals surface area (Å²) in [5.41, 5.74) is 1.25. The van der Waals surface area contributed by atoms with Crippen LogP contribution in [0.4, 0.5) is 11.6 Å². The number of anilines is 2. The Kier molecular flexibility index (Phi) is 5.43. The van der Waals surface area contributed by atoms with Gasteiger partial charge in [-0.2, -0.15) is 0 Å². The molecule has 1 heterocycles. The highest BCUT2D eigenvalue weighted by molar-refractivity contribution is 5.60. The summed E-state index contributed by atoms with van der Waals surface area (Å²) in [6.07, 6.45) is 6.90. The molecular weight excluding hydrogens is 260 g/mol. The van der Waals surface area contributed by atoms with Gasteiger partial charge in [-0.15, -0.1) is 0 Å². The van der Waals surface area contributed by atoms with E-state index in [1.54, 1.807) is 6.33 Å². The molecule has 0 bridgehead atoms. The number of hydrogen-bond donors (Lipinski definition) is 1. The van der Waals surface area contributed by atoms with E-state index in [4.69, 9.17) is 0 Å². The summed E-state index contributed by atoms with van der Waals surface area (Å²) in [4.78, 5) is 11.4. The van der Waals surface area contributed by atoms with E-state index in [2.05, 4.69) is 54.9 Å². The molecule has 1 fully saturated rings. The van der Waals surface area contributed by atoms with Gasteiger partial charge in [-0.25, -0.2) is 9.97 Å². The third kappa shape index (κ3) is 3.66. The molecule has 4 heteroatoms. The largest absolute Gasteiger partial charge is 0.370 e. The number of nitrogens with zero attached hydrogens (tertiary/aromatic N) is 3. The van der Waals surface area contributed by atoms with E-state index in [0.29, 0.717) is 12.0 Å². The molecule has 0 atom stereocenters. The first-order valence-corrected chi connectivity index (χ1v) is 8.36. The molecule has 118 valence electrons. The lowest BCUT2D eigenvalue weighted by Gasteiger charge is -2.36. The lowest BCUT2D eigenvalue weighted by atomic mass is 9.86. The summed E-state index contributed by atoms with van der Waals surface area (Å²) in [6, 6.07) is 0.614. The Balaban J connectivity index is 2.27. The molecular formula is C17H30N4. The Bertz CT molecular complexity index is 450. The van der Waals surface area contributed by atoms with E-state index in [0.717, 1.165) is 24.1 Å². The van der Waals surface area contributed by atoms with Crippen LogP contribution in [0, 0.1) is 5.92 Å². The van der Waals surface area contributed by atoms with Gasteiger partial charge in [0.1, 0.15) is 18.0 Å². The molecule has 4 nitrogen and oxygen atoms in total. The van der Waals surface area contributed by atoms with Crippen molar-refractivity contribution in [2.24, 2.45) is 5.92 Å². The van der Waals surface area contributed by atoms with E-state index >= 15 is 0 Å². The summed E-state index contributed by atoms with van der Waals surface area (Å²) >= 11 is 0. The van der Waals surface area contributed by atoms with E-state index in [1.165, 1.54) is 31.2 Å². The molecule has 1 aromatic rings. The highest BCUT2D eigenvalue weighted by Crippen LogP contribution is 2.34. The molecule has 0 unspecified atom stereocenters. The minimum Gasteiger partial charge on any atom is -0.370 e. The summed E-state index contributed by atoms with van der Waals surface area (Å²) in [6.45, 7) is 9.81. The smallest absolute Gasteiger partial charge is 0.137 e. The van der Waals surface area contributed by atoms with E-state index in [9.17, 15) is 0 Å². The van der Waals surface area contributed by atoms with Gasteiger partial charge in [0.2, 0.25) is 0 Å². The lowest BCUT2D eigenvalue weighted by Crippen LogP contribution is -2.36. The van der Waals surface area contributed by atoms with Crippen LogP contribution in [0.2, 0.25) is 0 Å². The molecule has 1 aliphatic carbocycles. The summed E-state index contributed by atoms with van der Waals surface area (Å²) in [5.74, 6) is 3.39. The Hall–Kier alpha value is -1.32. The Morgan fingerprint density at radius 2 is 1.90 bits per heavy atom. The van der Waals surface area contributed by atoms with Crippen LogP contribution in [-0.2, 0) is 0 Å². The van der Waals surface area contributed by atoms with Gasteiger partial charge >= 0.3 is 0 Å². The molecule has 0 saturated heterocycles. The van der Waals surface area contributed by atoms with Crippen molar-refractivity contribution in [2.45, 2.75) is 65.3 Å². The van der Waals surface area contributed by atoms with Crippen LogP contribution in [-0.4, -0.2) is 29.6 Å². The second-order valence-electron chi connectivity index (χ2n) is 6.67. The molecule has 1 aromatic heterocycles. The van der Waals surface area contributed by atoms with Crippen LogP contribution in [0.5, 0.6) is 0 Å². The predicted octanol–water partition coefficient (Wildman–Crippen LogP) is 4.05. The molecule has 0 aromatic carbocycles. The molecule has 1 saturated carbocycles. The number of nitrogens with one attached hydrogen (secondary N) is 1. The number of aromatic nitrogens is 2. The fraction of sp³-hybridized carbons (Fsp3) is 0.765. The first kappa shape index (κ1) is 16.1. The highest BCUT2D eigenvalue weighted by atomic mass is 15.2. The molecule has 2 rings (SSSR count). The van der Waals surface area contributed by atoms with Crippen LogP contribution in [0.1, 0.15) is 64.9 Å². The van der Waals surface area contributed by atoms with Gasteiger partial charge < -0.3 is 10.2 Å². The van der Waals surface area contributed by atoms with Gasteiger partial charge in [0.15, 0.2) is 0 Å². The van der Waals surface area contributed by atoms with Gasteiger partial charge in [0.05, 0.1) is 0 Å². The van der Waals surface area contributed by atoms with E-state index < -0.39 is 0 Å². The highest BCUT2D eigenvalue weighted by Gasteiger charge is 2.26. The van der Waals surface area contributed by atoms with E-state index in [1.807, 2.05) is 0 Å².